The van der Waals surface area contributed by atoms with Crippen LogP contribution in [-0.2, 0) is 4.89 Å². The second kappa shape index (κ2) is 4.40. The summed E-state index contributed by atoms with van der Waals surface area (Å²) in [6.07, 6.45) is 1.89. The second-order valence-electron chi connectivity index (χ2n) is 3.89. The molecule has 0 atom stereocenters. The summed E-state index contributed by atoms with van der Waals surface area (Å²) in [6.45, 7) is 5.61. The number of hydrogen-bond acceptors (Lipinski definition) is 2. The summed E-state index contributed by atoms with van der Waals surface area (Å²) in [5.74, 6) is 0. The standard InChI is InChI=1S/C12H16O2/c1-10(9-12(2,3)14-13)11-7-5-4-6-8-11/h4-9,13H,1-3H3/b10-9-. The van der Waals surface area contributed by atoms with Crippen molar-refractivity contribution in [1.82, 2.24) is 0 Å². The van der Waals surface area contributed by atoms with Crippen molar-refractivity contribution in [3.8, 4) is 0 Å². The first-order valence-corrected chi connectivity index (χ1v) is 4.62. The molecule has 14 heavy (non-hydrogen) atoms. The van der Waals surface area contributed by atoms with E-state index in [2.05, 4.69) is 4.89 Å². The van der Waals surface area contributed by atoms with Gasteiger partial charge < -0.3 is 0 Å². The molecule has 0 fully saturated rings. The zero-order valence-corrected chi connectivity index (χ0v) is 8.82. The number of benzene rings is 1. The number of rotatable bonds is 3. The lowest BCUT2D eigenvalue weighted by Crippen LogP contribution is -2.19. The Morgan fingerprint density at radius 3 is 2.36 bits per heavy atom. The molecule has 0 unspecified atom stereocenters. The van der Waals surface area contributed by atoms with E-state index in [1.54, 1.807) is 13.8 Å². The molecule has 0 aliphatic carbocycles. The average Bonchev–Trinajstić information content (AvgIpc) is 2.19. The molecule has 2 heteroatoms. The van der Waals surface area contributed by atoms with Crippen molar-refractivity contribution in [2.24, 2.45) is 0 Å². The van der Waals surface area contributed by atoms with Crippen LogP contribution in [0.25, 0.3) is 5.57 Å². The number of allylic oxidation sites excluding steroid dienone is 1. The van der Waals surface area contributed by atoms with E-state index in [1.807, 2.05) is 43.3 Å². The van der Waals surface area contributed by atoms with Crippen LogP contribution in [0.4, 0.5) is 0 Å². The molecule has 0 heterocycles. The Bertz CT molecular complexity index is 312. The van der Waals surface area contributed by atoms with E-state index < -0.39 is 5.60 Å². The van der Waals surface area contributed by atoms with Gasteiger partial charge in [-0.15, -0.1) is 0 Å². The highest BCUT2D eigenvalue weighted by atomic mass is 17.1. The molecular weight excluding hydrogens is 176 g/mol. The van der Waals surface area contributed by atoms with Crippen molar-refractivity contribution < 1.29 is 10.1 Å². The van der Waals surface area contributed by atoms with Gasteiger partial charge in [0.1, 0.15) is 5.60 Å². The van der Waals surface area contributed by atoms with Crippen molar-refractivity contribution in [2.45, 2.75) is 26.4 Å². The fourth-order valence-electron chi connectivity index (χ4n) is 1.33. The van der Waals surface area contributed by atoms with Crippen LogP contribution >= 0.6 is 0 Å². The normalized spacial score (nSPS) is 13.0. The van der Waals surface area contributed by atoms with Crippen LogP contribution in [0.5, 0.6) is 0 Å². The van der Waals surface area contributed by atoms with Crippen LogP contribution < -0.4 is 0 Å². The Morgan fingerprint density at radius 2 is 1.86 bits per heavy atom. The smallest absolute Gasteiger partial charge is 0.116 e. The molecule has 0 amide bonds. The molecule has 1 aromatic rings. The highest BCUT2D eigenvalue weighted by Gasteiger charge is 2.15. The van der Waals surface area contributed by atoms with Gasteiger partial charge in [0.05, 0.1) is 0 Å². The zero-order valence-electron chi connectivity index (χ0n) is 8.82. The van der Waals surface area contributed by atoms with Gasteiger partial charge in [0.25, 0.3) is 0 Å². The van der Waals surface area contributed by atoms with Crippen LogP contribution in [0.1, 0.15) is 26.3 Å². The van der Waals surface area contributed by atoms with Crippen LogP contribution in [0.3, 0.4) is 0 Å². The molecule has 1 aromatic carbocycles. The summed E-state index contributed by atoms with van der Waals surface area (Å²) in [5, 5.41) is 8.65. The predicted molar refractivity (Wildman–Crippen MR) is 57.9 cm³/mol. The molecule has 76 valence electrons. The minimum Gasteiger partial charge on any atom is -0.251 e. The quantitative estimate of drug-likeness (QED) is 0.587. The molecule has 0 saturated carbocycles. The highest BCUT2D eigenvalue weighted by Crippen LogP contribution is 2.19. The summed E-state index contributed by atoms with van der Waals surface area (Å²) in [4.78, 5) is 4.35. The Morgan fingerprint density at radius 1 is 1.29 bits per heavy atom. The van der Waals surface area contributed by atoms with Gasteiger partial charge in [0, 0.05) is 0 Å². The van der Waals surface area contributed by atoms with Crippen molar-refractivity contribution >= 4 is 5.57 Å². The summed E-state index contributed by atoms with van der Waals surface area (Å²) < 4.78 is 0. The summed E-state index contributed by atoms with van der Waals surface area (Å²) in [6, 6.07) is 10.0. The Balaban J connectivity index is 2.91. The third kappa shape index (κ3) is 2.98. The lowest BCUT2D eigenvalue weighted by atomic mass is 10.0. The fraction of sp³-hybridized carbons (Fsp3) is 0.333. The lowest BCUT2D eigenvalue weighted by Gasteiger charge is -2.16. The van der Waals surface area contributed by atoms with E-state index >= 15 is 0 Å². The molecule has 0 radical (unpaired) electrons. The summed E-state index contributed by atoms with van der Waals surface area (Å²) in [5.41, 5.74) is 1.59. The SMILES string of the molecule is C/C(=C/C(C)(C)OO)c1ccccc1. The van der Waals surface area contributed by atoms with E-state index in [0.717, 1.165) is 11.1 Å². The first kappa shape index (κ1) is 11.0. The van der Waals surface area contributed by atoms with E-state index in [-0.39, 0.29) is 0 Å². The maximum Gasteiger partial charge on any atom is 0.116 e. The van der Waals surface area contributed by atoms with Crippen molar-refractivity contribution in [2.75, 3.05) is 0 Å². The van der Waals surface area contributed by atoms with Gasteiger partial charge >= 0.3 is 0 Å². The van der Waals surface area contributed by atoms with Crippen LogP contribution in [-0.4, -0.2) is 10.9 Å². The van der Waals surface area contributed by atoms with Gasteiger partial charge in [0.15, 0.2) is 0 Å². The zero-order chi connectivity index (χ0) is 10.6. The van der Waals surface area contributed by atoms with Gasteiger partial charge in [-0.25, -0.2) is 4.89 Å². The molecule has 0 bridgehead atoms. The van der Waals surface area contributed by atoms with E-state index in [4.69, 9.17) is 5.26 Å². The van der Waals surface area contributed by atoms with Crippen LogP contribution in [0.15, 0.2) is 36.4 Å². The van der Waals surface area contributed by atoms with Crippen molar-refractivity contribution in [1.29, 1.82) is 0 Å². The van der Waals surface area contributed by atoms with Gasteiger partial charge in [-0.2, -0.15) is 0 Å². The molecule has 1 N–H and O–H groups in total. The summed E-state index contributed by atoms with van der Waals surface area (Å²) in [7, 11) is 0. The fourth-order valence-corrected chi connectivity index (χ4v) is 1.33. The highest BCUT2D eigenvalue weighted by molar-refractivity contribution is 5.64. The summed E-state index contributed by atoms with van der Waals surface area (Å²) >= 11 is 0. The van der Waals surface area contributed by atoms with Gasteiger partial charge in [-0.3, -0.25) is 5.26 Å². The minimum absolute atomic E-state index is 0.639. The van der Waals surface area contributed by atoms with Crippen molar-refractivity contribution in [3.05, 3.63) is 42.0 Å². The second-order valence-corrected chi connectivity index (χ2v) is 3.89. The largest absolute Gasteiger partial charge is 0.251 e. The maximum absolute atomic E-state index is 8.65. The maximum atomic E-state index is 8.65. The van der Waals surface area contributed by atoms with Gasteiger partial charge in [-0.05, 0) is 38.0 Å². The predicted octanol–water partition coefficient (Wildman–Crippen LogP) is 3.36. The Hall–Kier alpha value is -1.12. The van der Waals surface area contributed by atoms with E-state index in [1.165, 1.54) is 0 Å². The third-order valence-electron chi connectivity index (χ3n) is 2.03. The molecule has 0 spiro atoms. The first-order chi connectivity index (χ1) is 6.55. The number of hydrogen-bond donors (Lipinski definition) is 1. The molecule has 0 aromatic heterocycles. The van der Waals surface area contributed by atoms with E-state index in [9.17, 15) is 0 Å². The average molecular weight is 192 g/mol. The van der Waals surface area contributed by atoms with Crippen LogP contribution in [0.2, 0.25) is 0 Å². The van der Waals surface area contributed by atoms with Crippen LogP contribution in [0, 0.1) is 0 Å². The molecule has 1 rings (SSSR count). The molecule has 2 nitrogen and oxygen atoms in total. The first-order valence-electron chi connectivity index (χ1n) is 4.62. The molecule has 0 aliphatic rings. The lowest BCUT2D eigenvalue weighted by molar-refractivity contribution is -0.296. The monoisotopic (exact) mass is 192 g/mol. The molecule has 0 aliphatic heterocycles. The van der Waals surface area contributed by atoms with E-state index in [0.29, 0.717) is 0 Å². The molecular formula is C12H16O2. The van der Waals surface area contributed by atoms with Crippen molar-refractivity contribution in [3.63, 3.8) is 0 Å². The Kier molecular flexibility index (Phi) is 3.44. The minimum atomic E-state index is -0.639. The third-order valence-corrected chi connectivity index (χ3v) is 2.03. The Labute approximate surface area is 84.8 Å². The van der Waals surface area contributed by atoms with Gasteiger partial charge in [0.2, 0.25) is 0 Å². The molecule has 0 saturated heterocycles. The van der Waals surface area contributed by atoms with Gasteiger partial charge in [-0.1, -0.05) is 30.3 Å². The topological polar surface area (TPSA) is 29.5 Å².